The molecule has 0 saturated carbocycles. The molecule has 1 heterocycles. The predicted molar refractivity (Wildman–Crippen MR) is 44.3 cm³/mol. The molecule has 0 radical (unpaired) electrons. The third kappa shape index (κ3) is 3.50. The molecule has 1 N–H and O–H groups in total. The van der Waals surface area contributed by atoms with E-state index in [-0.39, 0.29) is 0 Å². The Morgan fingerprint density at radius 3 is 2.55 bits per heavy atom. The van der Waals surface area contributed by atoms with Crippen molar-refractivity contribution in [1.82, 2.24) is 10.2 Å². The molecular formula is C6H12N2O2S. The van der Waals surface area contributed by atoms with E-state index in [1.165, 1.54) is 5.37 Å². The van der Waals surface area contributed by atoms with Gasteiger partial charge in [-0.25, -0.2) is 0 Å². The van der Waals surface area contributed by atoms with E-state index in [2.05, 4.69) is 10.2 Å². The molecular weight excluding hydrogens is 164 g/mol. The predicted octanol–water partition coefficient (Wildman–Crippen LogP) is -1.43. The second-order valence-corrected chi connectivity index (χ2v) is 3.33. The summed E-state index contributed by atoms with van der Waals surface area (Å²) >= 11 is 0. The van der Waals surface area contributed by atoms with Crippen molar-refractivity contribution >= 4 is 15.7 Å². The van der Waals surface area contributed by atoms with Crippen molar-refractivity contribution in [2.45, 2.75) is 0 Å². The van der Waals surface area contributed by atoms with Crippen LogP contribution in [0.2, 0.25) is 0 Å². The van der Waals surface area contributed by atoms with Crippen LogP contribution in [-0.4, -0.2) is 51.4 Å². The third-order valence-corrected chi connectivity index (χ3v) is 2.10. The lowest BCUT2D eigenvalue weighted by atomic mass is 10.4. The average molecular weight is 176 g/mol. The van der Waals surface area contributed by atoms with E-state index in [4.69, 9.17) is 0 Å². The summed E-state index contributed by atoms with van der Waals surface area (Å²) in [4.78, 5) is 2.10. The summed E-state index contributed by atoms with van der Waals surface area (Å²) in [6.45, 7) is 4.35. The van der Waals surface area contributed by atoms with Crippen molar-refractivity contribution in [2.24, 2.45) is 0 Å². The smallest absolute Gasteiger partial charge is 0.211 e. The zero-order valence-electron chi connectivity index (χ0n) is 6.28. The summed E-state index contributed by atoms with van der Waals surface area (Å²) in [6.07, 6.45) is 0. The van der Waals surface area contributed by atoms with Crippen molar-refractivity contribution in [2.75, 3.05) is 32.7 Å². The molecule has 0 spiro atoms. The Morgan fingerprint density at radius 2 is 2.00 bits per heavy atom. The molecule has 0 amide bonds. The van der Waals surface area contributed by atoms with Crippen LogP contribution in [0.5, 0.6) is 0 Å². The van der Waals surface area contributed by atoms with Crippen LogP contribution in [0.25, 0.3) is 0 Å². The van der Waals surface area contributed by atoms with Gasteiger partial charge in [-0.3, -0.25) is 4.90 Å². The summed E-state index contributed by atoms with van der Waals surface area (Å²) in [5.74, 6) is 0. The van der Waals surface area contributed by atoms with Crippen LogP contribution in [0.4, 0.5) is 0 Å². The summed E-state index contributed by atoms with van der Waals surface area (Å²) in [7, 11) is -2.00. The Kier molecular flexibility index (Phi) is 3.55. The second-order valence-electron chi connectivity index (χ2n) is 2.48. The van der Waals surface area contributed by atoms with Gasteiger partial charge in [-0.2, -0.15) is 8.42 Å². The molecule has 4 nitrogen and oxygen atoms in total. The van der Waals surface area contributed by atoms with E-state index in [0.717, 1.165) is 26.2 Å². The molecule has 0 aliphatic carbocycles. The SMILES string of the molecule is O=S(=O)=CCN1CCNCC1. The summed E-state index contributed by atoms with van der Waals surface area (Å²) < 4.78 is 20.3. The molecule has 64 valence electrons. The number of nitrogens with one attached hydrogen (secondary N) is 1. The van der Waals surface area contributed by atoms with Crippen molar-refractivity contribution < 1.29 is 8.42 Å². The highest BCUT2D eigenvalue weighted by Gasteiger charge is 2.06. The molecule has 0 aromatic heterocycles. The van der Waals surface area contributed by atoms with Crippen LogP contribution >= 0.6 is 0 Å². The highest BCUT2D eigenvalue weighted by atomic mass is 32.2. The van der Waals surface area contributed by atoms with Crippen LogP contribution in [0.15, 0.2) is 0 Å². The first-order valence-corrected chi connectivity index (χ1v) is 4.77. The largest absolute Gasteiger partial charge is 0.314 e. The molecule has 1 fully saturated rings. The van der Waals surface area contributed by atoms with Gasteiger partial charge in [0.2, 0.25) is 10.3 Å². The van der Waals surface area contributed by atoms with E-state index < -0.39 is 10.3 Å². The molecule has 0 atom stereocenters. The standard InChI is InChI=1S/C6H12N2O2S/c9-11(10)6-5-8-3-1-7-2-4-8/h6-7H,1-5H2. The van der Waals surface area contributed by atoms with Gasteiger partial charge < -0.3 is 5.32 Å². The van der Waals surface area contributed by atoms with E-state index in [1.807, 2.05) is 0 Å². The topological polar surface area (TPSA) is 49.4 Å². The Balaban J connectivity index is 2.30. The molecule has 0 aromatic rings. The highest BCUT2D eigenvalue weighted by molar-refractivity contribution is 7.71. The maximum Gasteiger partial charge on any atom is 0.211 e. The van der Waals surface area contributed by atoms with E-state index in [1.54, 1.807) is 0 Å². The maximum absolute atomic E-state index is 10.1. The molecule has 5 heteroatoms. The van der Waals surface area contributed by atoms with Crippen LogP contribution in [0.3, 0.4) is 0 Å². The van der Waals surface area contributed by atoms with E-state index in [9.17, 15) is 8.42 Å². The van der Waals surface area contributed by atoms with Crippen LogP contribution < -0.4 is 5.32 Å². The van der Waals surface area contributed by atoms with Gasteiger partial charge in [0.05, 0.1) is 0 Å². The average Bonchev–Trinajstić information content (AvgIpc) is 2.03. The normalized spacial score (nSPS) is 19.6. The minimum Gasteiger partial charge on any atom is -0.314 e. The molecule has 1 rings (SSSR count). The zero-order valence-corrected chi connectivity index (χ0v) is 7.10. The van der Waals surface area contributed by atoms with Crippen molar-refractivity contribution in [1.29, 1.82) is 0 Å². The maximum atomic E-state index is 10.1. The Bertz CT molecular complexity index is 221. The van der Waals surface area contributed by atoms with Crippen molar-refractivity contribution in [3.05, 3.63) is 0 Å². The number of hydrogen-bond acceptors (Lipinski definition) is 4. The summed E-state index contributed by atoms with van der Waals surface area (Å²) in [6, 6.07) is 0. The van der Waals surface area contributed by atoms with Crippen molar-refractivity contribution in [3.63, 3.8) is 0 Å². The minimum atomic E-state index is -2.00. The number of nitrogens with zero attached hydrogens (tertiary/aromatic N) is 1. The van der Waals surface area contributed by atoms with Crippen molar-refractivity contribution in [3.8, 4) is 0 Å². The minimum absolute atomic E-state index is 0.553. The van der Waals surface area contributed by atoms with Gasteiger partial charge in [0.25, 0.3) is 0 Å². The highest BCUT2D eigenvalue weighted by Crippen LogP contribution is 1.88. The molecule has 1 aliphatic heterocycles. The Labute approximate surface area is 67.7 Å². The first-order valence-electron chi connectivity index (χ1n) is 3.63. The van der Waals surface area contributed by atoms with Gasteiger partial charge in [0.1, 0.15) is 0 Å². The summed E-state index contributed by atoms with van der Waals surface area (Å²) in [5, 5.41) is 4.49. The Morgan fingerprint density at radius 1 is 1.36 bits per heavy atom. The van der Waals surface area contributed by atoms with Gasteiger partial charge in [0, 0.05) is 38.1 Å². The molecule has 0 unspecified atom stereocenters. The third-order valence-electron chi connectivity index (χ3n) is 1.68. The number of piperazine rings is 1. The number of rotatable bonds is 2. The van der Waals surface area contributed by atoms with Gasteiger partial charge in [0.15, 0.2) is 0 Å². The molecule has 0 bridgehead atoms. The Hall–Kier alpha value is -0.390. The first kappa shape index (κ1) is 8.70. The monoisotopic (exact) mass is 176 g/mol. The van der Waals surface area contributed by atoms with Crippen LogP contribution in [0, 0.1) is 0 Å². The number of hydrogen-bond donors (Lipinski definition) is 1. The lowest BCUT2D eigenvalue weighted by molar-refractivity contribution is 0.274. The fourth-order valence-electron chi connectivity index (χ4n) is 1.06. The lowest BCUT2D eigenvalue weighted by Gasteiger charge is -2.25. The van der Waals surface area contributed by atoms with Gasteiger partial charge >= 0.3 is 0 Å². The van der Waals surface area contributed by atoms with Gasteiger partial charge in [-0.1, -0.05) is 0 Å². The van der Waals surface area contributed by atoms with Crippen LogP contribution in [0.1, 0.15) is 0 Å². The van der Waals surface area contributed by atoms with Gasteiger partial charge in [-0.05, 0) is 0 Å². The lowest BCUT2D eigenvalue weighted by Crippen LogP contribution is -2.44. The van der Waals surface area contributed by atoms with E-state index >= 15 is 0 Å². The first-order chi connectivity index (χ1) is 5.29. The fraction of sp³-hybridized carbons (Fsp3) is 0.833. The fourth-order valence-corrected chi connectivity index (χ4v) is 1.39. The van der Waals surface area contributed by atoms with Gasteiger partial charge in [-0.15, -0.1) is 0 Å². The zero-order chi connectivity index (χ0) is 8.10. The molecule has 1 aliphatic rings. The van der Waals surface area contributed by atoms with Crippen LogP contribution in [-0.2, 0) is 10.3 Å². The molecule has 0 aromatic carbocycles. The molecule has 11 heavy (non-hydrogen) atoms. The second kappa shape index (κ2) is 4.48. The van der Waals surface area contributed by atoms with E-state index in [0.29, 0.717) is 6.54 Å². The molecule has 1 saturated heterocycles. The quantitative estimate of drug-likeness (QED) is 0.524. The summed E-state index contributed by atoms with van der Waals surface area (Å²) in [5.41, 5.74) is 0.